The van der Waals surface area contributed by atoms with Crippen molar-refractivity contribution in [3.05, 3.63) is 161 Å². The van der Waals surface area contributed by atoms with Gasteiger partial charge in [-0.25, -0.2) is 0 Å². The summed E-state index contributed by atoms with van der Waals surface area (Å²) < 4.78 is 36.9. The third-order valence-electron chi connectivity index (χ3n) is 6.33. The van der Waals surface area contributed by atoms with Crippen LogP contribution in [-0.2, 0) is 11.8 Å². The molecule has 0 heterocycles. The van der Waals surface area contributed by atoms with Crippen LogP contribution in [0.15, 0.2) is 146 Å². The van der Waals surface area contributed by atoms with Crippen molar-refractivity contribution in [2.75, 3.05) is 0 Å². The van der Waals surface area contributed by atoms with Gasteiger partial charge in [-0.15, -0.1) is 0 Å². The molecule has 0 spiro atoms. The van der Waals surface area contributed by atoms with Crippen molar-refractivity contribution in [1.29, 1.82) is 0 Å². The van der Waals surface area contributed by atoms with Gasteiger partial charge >= 0.3 is 6.72 Å². The van der Waals surface area contributed by atoms with E-state index >= 15 is 0 Å². The lowest BCUT2D eigenvalue weighted by Crippen LogP contribution is -2.08. The largest absolute Gasteiger partial charge is 0.490 e. The van der Waals surface area contributed by atoms with Gasteiger partial charge in [-0.3, -0.25) is 0 Å². The second-order valence-corrected chi connectivity index (χ2v) is 13.6. The Morgan fingerprint density at radius 2 is 0.596 bits per heavy atom. The summed E-state index contributed by atoms with van der Waals surface area (Å²) in [5.74, 6) is 3.24. The number of rotatable bonds is 12. The zero-order chi connectivity index (χ0) is 32.6. The van der Waals surface area contributed by atoms with E-state index in [9.17, 15) is 0 Å². The molecule has 0 radical (unpaired) electrons. The van der Waals surface area contributed by atoms with Crippen LogP contribution in [0.5, 0.6) is 51.7 Å². The van der Waals surface area contributed by atoms with E-state index < -0.39 is 6.72 Å². The molecule has 0 unspecified atom stereocenters. The SMILES string of the molecule is S=P(Oc1cccc(Oc2ccccc2)c1Cl)(Oc1cccc(Oc2ccccc2)c1Cl)Oc1cccc(Oc2ccccc2)c1Cl. The van der Waals surface area contributed by atoms with Crippen LogP contribution in [0.1, 0.15) is 0 Å². The molecule has 0 saturated heterocycles. The Hall–Kier alpha value is -4.36. The molecule has 6 nitrogen and oxygen atoms in total. The lowest BCUT2D eigenvalue weighted by Gasteiger charge is -2.25. The highest BCUT2D eigenvalue weighted by molar-refractivity contribution is 8.08. The molecule has 0 fully saturated rings. The van der Waals surface area contributed by atoms with Crippen LogP contribution < -0.4 is 27.8 Å². The van der Waals surface area contributed by atoms with Gasteiger partial charge in [0.25, 0.3) is 0 Å². The summed E-state index contributed by atoms with van der Waals surface area (Å²) in [4.78, 5) is 0. The first-order valence-electron chi connectivity index (χ1n) is 14.1. The quantitative estimate of drug-likeness (QED) is 0.117. The summed E-state index contributed by atoms with van der Waals surface area (Å²) in [7, 11) is 0. The first kappa shape index (κ1) is 32.6. The summed E-state index contributed by atoms with van der Waals surface area (Å²) in [5.41, 5.74) is 0. The second-order valence-electron chi connectivity index (χ2n) is 9.67. The van der Waals surface area contributed by atoms with E-state index in [2.05, 4.69) is 0 Å². The molecule has 0 aliphatic heterocycles. The summed E-state index contributed by atoms with van der Waals surface area (Å²) in [6.07, 6.45) is 0. The van der Waals surface area contributed by atoms with Crippen molar-refractivity contribution < 1.29 is 27.8 Å². The zero-order valence-corrected chi connectivity index (χ0v) is 28.3. The monoisotopic (exact) mass is 720 g/mol. The predicted octanol–water partition coefficient (Wildman–Crippen LogP) is 12.8. The Morgan fingerprint density at radius 3 is 0.872 bits per heavy atom. The lowest BCUT2D eigenvalue weighted by atomic mass is 10.3. The molecule has 0 amide bonds. The lowest BCUT2D eigenvalue weighted by molar-refractivity contribution is 0.380. The fraction of sp³-hybridized carbons (Fsp3) is 0. The fourth-order valence-electron chi connectivity index (χ4n) is 4.18. The van der Waals surface area contributed by atoms with E-state index in [0.717, 1.165) is 0 Å². The van der Waals surface area contributed by atoms with E-state index in [1.807, 2.05) is 54.6 Å². The number of benzene rings is 6. The Balaban J connectivity index is 1.35. The topological polar surface area (TPSA) is 55.4 Å². The maximum atomic E-state index is 6.78. The molecular weight excluding hydrogens is 698 g/mol. The summed E-state index contributed by atoms with van der Waals surface area (Å²) in [5, 5.41) is 0.451. The van der Waals surface area contributed by atoms with Gasteiger partial charge in [0.05, 0.1) is 0 Å². The van der Waals surface area contributed by atoms with Crippen molar-refractivity contribution in [2.45, 2.75) is 0 Å². The van der Waals surface area contributed by atoms with Gasteiger partial charge in [0.1, 0.15) is 49.6 Å². The average molecular weight is 722 g/mol. The van der Waals surface area contributed by atoms with Gasteiger partial charge in [-0.2, -0.15) is 0 Å². The van der Waals surface area contributed by atoms with Crippen LogP contribution in [0.3, 0.4) is 0 Å². The second kappa shape index (κ2) is 15.0. The molecule has 0 aromatic heterocycles. The fourth-order valence-corrected chi connectivity index (χ4v) is 6.97. The molecular formula is C36H24Cl3O6PS. The summed E-state index contributed by atoms with van der Waals surface area (Å²) in [6, 6.07) is 42.7. The molecule has 0 bridgehead atoms. The maximum Gasteiger partial charge on any atom is 0.490 e. The minimum atomic E-state index is -3.86. The Kier molecular flexibility index (Phi) is 10.4. The normalized spacial score (nSPS) is 11.0. The van der Waals surface area contributed by atoms with Crippen LogP contribution >= 0.6 is 41.5 Å². The van der Waals surface area contributed by atoms with Gasteiger partial charge in [0.2, 0.25) is 0 Å². The van der Waals surface area contributed by atoms with Crippen molar-refractivity contribution in [3.8, 4) is 51.7 Å². The molecule has 0 aliphatic rings. The van der Waals surface area contributed by atoms with E-state index in [-0.39, 0.29) is 32.3 Å². The highest BCUT2D eigenvalue weighted by Gasteiger charge is 2.31. The van der Waals surface area contributed by atoms with E-state index in [1.165, 1.54) is 0 Å². The molecule has 0 aliphatic carbocycles. The number of ether oxygens (including phenoxy) is 3. The molecule has 236 valence electrons. The highest BCUT2D eigenvalue weighted by Crippen LogP contribution is 2.56. The highest BCUT2D eigenvalue weighted by atomic mass is 35.5. The summed E-state index contributed by atoms with van der Waals surface area (Å²) >= 11 is 26.3. The van der Waals surface area contributed by atoms with E-state index in [1.54, 1.807) is 91.0 Å². The Bertz CT molecular complexity index is 1790. The van der Waals surface area contributed by atoms with Crippen molar-refractivity contribution in [3.63, 3.8) is 0 Å². The molecule has 0 N–H and O–H groups in total. The number of hydrogen-bond donors (Lipinski definition) is 0. The first-order chi connectivity index (χ1) is 22.9. The number of hydrogen-bond acceptors (Lipinski definition) is 7. The first-order valence-corrected chi connectivity index (χ1v) is 17.8. The van der Waals surface area contributed by atoms with Crippen LogP contribution in [0.25, 0.3) is 0 Å². The molecule has 6 aromatic carbocycles. The van der Waals surface area contributed by atoms with Crippen molar-refractivity contribution in [2.24, 2.45) is 0 Å². The van der Waals surface area contributed by atoms with E-state index in [4.69, 9.17) is 74.4 Å². The molecule has 47 heavy (non-hydrogen) atoms. The van der Waals surface area contributed by atoms with Crippen LogP contribution in [0.2, 0.25) is 15.1 Å². The van der Waals surface area contributed by atoms with Gasteiger partial charge in [0, 0.05) is 11.8 Å². The Labute approximate surface area is 292 Å². The third-order valence-corrected chi connectivity index (χ3v) is 9.38. The number of para-hydroxylation sites is 3. The van der Waals surface area contributed by atoms with Crippen LogP contribution in [-0.4, -0.2) is 0 Å². The predicted molar refractivity (Wildman–Crippen MR) is 190 cm³/mol. The maximum absolute atomic E-state index is 6.78. The van der Waals surface area contributed by atoms with Crippen molar-refractivity contribution >= 4 is 53.3 Å². The molecule has 6 aromatic rings. The van der Waals surface area contributed by atoms with Gasteiger partial charge in [-0.05, 0) is 72.8 Å². The molecule has 6 rings (SSSR count). The smallest absolute Gasteiger partial charge is 0.456 e. The van der Waals surface area contributed by atoms with Crippen LogP contribution in [0.4, 0.5) is 0 Å². The third kappa shape index (κ3) is 8.33. The minimum Gasteiger partial charge on any atom is -0.456 e. The van der Waals surface area contributed by atoms with Gasteiger partial charge in [-0.1, -0.05) is 108 Å². The molecule has 0 atom stereocenters. The summed E-state index contributed by atoms with van der Waals surface area (Å²) in [6.45, 7) is -3.86. The Morgan fingerprint density at radius 1 is 0.340 bits per heavy atom. The van der Waals surface area contributed by atoms with Crippen molar-refractivity contribution in [1.82, 2.24) is 0 Å². The average Bonchev–Trinajstić information content (AvgIpc) is 3.08. The molecule has 11 heteroatoms. The van der Waals surface area contributed by atoms with Crippen LogP contribution in [0, 0.1) is 0 Å². The zero-order valence-electron chi connectivity index (χ0n) is 24.3. The van der Waals surface area contributed by atoms with Gasteiger partial charge in [0.15, 0.2) is 17.2 Å². The van der Waals surface area contributed by atoms with Gasteiger partial charge < -0.3 is 27.8 Å². The number of halogens is 3. The standard InChI is InChI=1S/C36H24Cl3O6PS/c37-34-28(40-25-13-4-1-5-14-25)19-10-22-31(34)43-46(47,44-32-23-11-20-29(35(32)38)41-26-15-6-2-7-16-26)45-33-24-12-21-30(36(33)39)42-27-17-8-3-9-18-27/h1-24H. The minimum absolute atomic E-state index is 0.150. The van der Waals surface area contributed by atoms with E-state index in [0.29, 0.717) is 34.5 Å². The molecule has 0 saturated carbocycles.